The van der Waals surface area contributed by atoms with Crippen LogP contribution in [0, 0.1) is 11.8 Å². The molecule has 0 amide bonds. The summed E-state index contributed by atoms with van der Waals surface area (Å²) in [4.78, 5) is 8.65. The van der Waals surface area contributed by atoms with E-state index in [1.165, 1.54) is 11.1 Å². The van der Waals surface area contributed by atoms with Crippen molar-refractivity contribution in [3.05, 3.63) is 41.7 Å². The lowest BCUT2D eigenvalue weighted by atomic mass is 9.84. The SMILES string of the molecule is CC(C)c1noc(N2CCC(COc3ccc(C4=CCC(C(O)N5CC(=NO)C5)CC4)cc3)CC2)n1. The molecule has 0 saturated carbocycles. The van der Waals surface area contributed by atoms with Gasteiger partial charge in [0.15, 0.2) is 5.82 Å². The van der Waals surface area contributed by atoms with E-state index in [4.69, 9.17) is 14.5 Å². The molecule has 0 radical (unpaired) electrons. The fraction of sp³-hybridized carbons (Fsp3) is 0.593. The average molecular weight is 496 g/mol. The third-order valence-electron chi connectivity index (χ3n) is 7.70. The molecule has 2 atom stereocenters. The van der Waals surface area contributed by atoms with Crippen LogP contribution in [0.4, 0.5) is 6.01 Å². The molecule has 1 aromatic carbocycles. The second-order valence-corrected chi connectivity index (χ2v) is 10.6. The fourth-order valence-electron chi connectivity index (χ4n) is 5.22. The molecule has 2 N–H and O–H groups in total. The number of hydrogen-bond donors (Lipinski definition) is 2. The highest BCUT2D eigenvalue weighted by Gasteiger charge is 2.34. The summed E-state index contributed by atoms with van der Waals surface area (Å²) in [5.74, 6) is 2.68. The highest BCUT2D eigenvalue weighted by molar-refractivity contribution is 5.92. The molecule has 5 rings (SSSR count). The molecule has 9 heteroatoms. The minimum absolute atomic E-state index is 0.222. The van der Waals surface area contributed by atoms with Crippen molar-refractivity contribution >= 4 is 17.3 Å². The minimum Gasteiger partial charge on any atom is -0.493 e. The van der Waals surface area contributed by atoms with Crippen molar-refractivity contribution in [3.8, 4) is 5.75 Å². The number of piperidine rings is 1. The molecule has 194 valence electrons. The van der Waals surface area contributed by atoms with Gasteiger partial charge in [0.25, 0.3) is 0 Å². The van der Waals surface area contributed by atoms with Crippen LogP contribution in [0.2, 0.25) is 0 Å². The van der Waals surface area contributed by atoms with Gasteiger partial charge in [0, 0.05) is 38.0 Å². The second-order valence-electron chi connectivity index (χ2n) is 10.6. The molecule has 2 aromatic rings. The van der Waals surface area contributed by atoms with E-state index >= 15 is 0 Å². The second kappa shape index (κ2) is 11.0. The molecule has 2 saturated heterocycles. The number of benzene rings is 1. The number of anilines is 1. The molecule has 3 aliphatic rings. The largest absolute Gasteiger partial charge is 0.493 e. The number of rotatable bonds is 8. The molecule has 36 heavy (non-hydrogen) atoms. The number of aliphatic hydroxyl groups is 1. The first-order valence-corrected chi connectivity index (χ1v) is 13.1. The van der Waals surface area contributed by atoms with E-state index in [1.807, 2.05) is 4.90 Å². The van der Waals surface area contributed by atoms with Crippen molar-refractivity contribution in [2.24, 2.45) is 17.0 Å². The maximum Gasteiger partial charge on any atom is 0.324 e. The van der Waals surface area contributed by atoms with Crippen LogP contribution in [0.5, 0.6) is 5.75 Å². The summed E-state index contributed by atoms with van der Waals surface area (Å²) in [6.45, 7) is 7.79. The first-order chi connectivity index (χ1) is 17.5. The third kappa shape index (κ3) is 5.57. The van der Waals surface area contributed by atoms with E-state index in [0.717, 1.165) is 69.1 Å². The van der Waals surface area contributed by atoms with Gasteiger partial charge in [0.1, 0.15) is 12.0 Å². The van der Waals surface area contributed by atoms with Gasteiger partial charge in [-0.2, -0.15) is 4.98 Å². The Labute approximate surface area is 212 Å². The van der Waals surface area contributed by atoms with Crippen LogP contribution in [0.3, 0.4) is 0 Å². The first-order valence-electron chi connectivity index (χ1n) is 13.1. The quantitative estimate of drug-likeness (QED) is 0.416. The topological polar surface area (TPSA) is 107 Å². The van der Waals surface area contributed by atoms with Crippen LogP contribution in [0.1, 0.15) is 63.3 Å². The molecule has 2 aliphatic heterocycles. The number of allylic oxidation sites excluding steroid dienone is 2. The smallest absolute Gasteiger partial charge is 0.324 e. The Morgan fingerprint density at radius 1 is 1.14 bits per heavy atom. The van der Waals surface area contributed by atoms with Crippen LogP contribution in [-0.4, -0.2) is 70.1 Å². The van der Waals surface area contributed by atoms with Crippen molar-refractivity contribution in [1.29, 1.82) is 0 Å². The van der Waals surface area contributed by atoms with E-state index < -0.39 is 6.23 Å². The molecular weight excluding hydrogens is 458 g/mol. The van der Waals surface area contributed by atoms with Gasteiger partial charge >= 0.3 is 6.01 Å². The molecule has 0 bridgehead atoms. The summed E-state index contributed by atoms with van der Waals surface area (Å²) in [7, 11) is 0. The number of likely N-dealkylation sites (tertiary alicyclic amines) is 1. The molecule has 1 aliphatic carbocycles. The first kappa shape index (κ1) is 24.8. The van der Waals surface area contributed by atoms with Crippen LogP contribution < -0.4 is 9.64 Å². The minimum atomic E-state index is -0.472. The molecule has 3 heterocycles. The van der Waals surface area contributed by atoms with E-state index in [9.17, 15) is 5.11 Å². The van der Waals surface area contributed by atoms with E-state index in [2.05, 4.69) is 64.4 Å². The Balaban J connectivity index is 1.06. The molecule has 2 unspecified atom stereocenters. The Bertz CT molecular complexity index is 1060. The van der Waals surface area contributed by atoms with E-state index in [-0.39, 0.29) is 11.8 Å². The molecule has 0 spiro atoms. The Morgan fingerprint density at radius 2 is 1.89 bits per heavy atom. The monoisotopic (exact) mass is 495 g/mol. The number of aliphatic hydroxyl groups excluding tert-OH is 1. The van der Waals surface area contributed by atoms with Gasteiger partial charge in [-0.25, -0.2) is 0 Å². The normalized spacial score (nSPS) is 22.3. The number of hydrogen-bond acceptors (Lipinski definition) is 9. The highest BCUT2D eigenvalue weighted by Crippen LogP contribution is 2.34. The molecule has 2 fully saturated rings. The van der Waals surface area contributed by atoms with E-state index in [0.29, 0.717) is 25.0 Å². The predicted molar refractivity (Wildman–Crippen MR) is 137 cm³/mol. The van der Waals surface area contributed by atoms with Crippen LogP contribution in [0.25, 0.3) is 5.57 Å². The lowest BCUT2D eigenvalue weighted by Crippen LogP contribution is -2.55. The van der Waals surface area contributed by atoms with Gasteiger partial charge in [0.05, 0.1) is 12.3 Å². The third-order valence-corrected chi connectivity index (χ3v) is 7.70. The zero-order chi connectivity index (χ0) is 25.1. The van der Waals surface area contributed by atoms with Crippen molar-refractivity contribution in [3.63, 3.8) is 0 Å². The Morgan fingerprint density at radius 3 is 2.50 bits per heavy atom. The van der Waals surface area contributed by atoms with Crippen molar-refractivity contribution in [2.75, 3.05) is 37.7 Å². The number of oxime groups is 1. The van der Waals surface area contributed by atoms with Crippen LogP contribution in [-0.2, 0) is 0 Å². The Kier molecular flexibility index (Phi) is 7.57. The molecule has 9 nitrogen and oxygen atoms in total. The fourth-order valence-corrected chi connectivity index (χ4v) is 5.22. The Hall–Kier alpha value is -2.91. The van der Waals surface area contributed by atoms with Gasteiger partial charge in [-0.1, -0.05) is 42.4 Å². The zero-order valence-corrected chi connectivity index (χ0v) is 21.2. The standard InChI is InChI=1S/C27H37N5O4/c1-18(2)25-28-27(36-30-25)31-13-11-19(12-14-31)17-35-24-9-7-21(8-10-24)20-3-5-22(6-4-20)26(33)32-15-23(16-32)29-34/h3,7-10,18-19,22,26,33-34H,4-6,11-17H2,1-2H3. The predicted octanol–water partition coefficient (Wildman–Crippen LogP) is 4.14. The van der Waals surface area contributed by atoms with Gasteiger partial charge in [-0.15, -0.1) is 0 Å². The maximum absolute atomic E-state index is 10.6. The summed E-state index contributed by atoms with van der Waals surface area (Å²) in [6, 6.07) is 9.04. The summed E-state index contributed by atoms with van der Waals surface area (Å²) < 4.78 is 11.6. The summed E-state index contributed by atoms with van der Waals surface area (Å²) in [5.41, 5.74) is 3.29. The lowest BCUT2D eigenvalue weighted by molar-refractivity contribution is -0.0394. The molecular formula is C27H37N5O4. The lowest BCUT2D eigenvalue weighted by Gasteiger charge is -2.40. The van der Waals surface area contributed by atoms with Crippen LogP contribution in [0.15, 0.2) is 40.0 Å². The van der Waals surface area contributed by atoms with Crippen molar-refractivity contribution < 1.29 is 19.6 Å². The zero-order valence-electron chi connectivity index (χ0n) is 21.2. The summed E-state index contributed by atoms with van der Waals surface area (Å²) in [6.07, 6.45) is 6.64. The van der Waals surface area contributed by atoms with Gasteiger partial charge in [-0.3, -0.25) is 4.90 Å². The average Bonchev–Trinajstić information content (AvgIpc) is 3.38. The maximum atomic E-state index is 10.6. The van der Waals surface area contributed by atoms with Gasteiger partial charge < -0.3 is 24.5 Å². The summed E-state index contributed by atoms with van der Waals surface area (Å²) >= 11 is 0. The van der Waals surface area contributed by atoms with Gasteiger partial charge in [0.2, 0.25) is 0 Å². The van der Waals surface area contributed by atoms with Crippen molar-refractivity contribution in [1.82, 2.24) is 15.0 Å². The van der Waals surface area contributed by atoms with E-state index in [1.54, 1.807) is 0 Å². The summed E-state index contributed by atoms with van der Waals surface area (Å²) in [5, 5.41) is 26.7. The van der Waals surface area contributed by atoms with Crippen molar-refractivity contribution in [2.45, 2.75) is 58.1 Å². The van der Waals surface area contributed by atoms with Crippen LogP contribution >= 0.6 is 0 Å². The number of ether oxygens (including phenoxy) is 1. The highest BCUT2D eigenvalue weighted by atomic mass is 16.5. The molecule has 1 aromatic heterocycles. The van der Waals surface area contributed by atoms with Gasteiger partial charge in [-0.05, 0) is 61.3 Å². The number of aromatic nitrogens is 2. The number of nitrogens with zero attached hydrogens (tertiary/aromatic N) is 5.